The normalized spacial score (nSPS) is 15.4. The Bertz CT molecular complexity index is 1390. The van der Waals surface area contributed by atoms with E-state index >= 15 is 0 Å². The summed E-state index contributed by atoms with van der Waals surface area (Å²) in [7, 11) is 3.06. The van der Waals surface area contributed by atoms with Gasteiger partial charge in [-0.05, 0) is 35.9 Å². The van der Waals surface area contributed by atoms with Crippen molar-refractivity contribution < 1.29 is 18.7 Å². The van der Waals surface area contributed by atoms with Crippen molar-refractivity contribution in [2.45, 2.75) is 6.04 Å². The first kappa shape index (κ1) is 19.7. The number of ether oxygens (including phenoxy) is 2. The number of carbonyl (C=O) groups excluding carboxylic acids is 1. The van der Waals surface area contributed by atoms with Gasteiger partial charge in [0.2, 0.25) is 10.9 Å². The average molecular weight is 500 g/mol. The van der Waals surface area contributed by atoms with Gasteiger partial charge in [0.15, 0.2) is 16.9 Å². The summed E-state index contributed by atoms with van der Waals surface area (Å²) < 4.78 is 17.4. The van der Waals surface area contributed by atoms with Crippen LogP contribution in [0.5, 0.6) is 11.5 Å². The molecule has 5 rings (SSSR count). The zero-order valence-corrected chi connectivity index (χ0v) is 18.7. The second kappa shape index (κ2) is 7.47. The van der Waals surface area contributed by atoms with Crippen molar-refractivity contribution in [2.75, 3.05) is 19.1 Å². The maximum absolute atomic E-state index is 13.5. The van der Waals surface area contributed by atoms with Crippen LogP contribution >= 0.6 is 27.3 Å². The monoisotopic (exact) mass is 499 g/mol. The number of anilines is 1. The van der Waals surface area contributed by atoms with Gasteiger partial charge in [0.05, 0.1) is 31.2 Å². The van der Waals surface area contributed by atoms with Crippen LogP contribution in [-0.2, 0) is 0 Å². The Labute approximate surface area is 188 Å². The molecule has 3 heterocycles. The highest BCUT2D eigenvalue weighted by Gasteiger charge is 2.45. The number of benzene rings is 2. The van der Waals surface area contributed by atoms with Gasteiger partial charge in [-0.15, -0.1) is 10.2 Å². The molecule has 2 aromatic heterocycles. The summed E-state index contributed by atoms with van der Waals surface area (Å²) in [5.41, 5.74) is 2.49. The first-order valence-electron chi connectivity index (χ1n) is 9.11. The van der Waals surface area contributed by atoms with Gasteiger partial charge in [0.1, 0.15) is 11.1 Å². The van der Waals surface area contributed by atoms with Gasteiger partial charge in [-0.1, -0.05) is 33.3 Å². The topological polar surface area (TPSA) is 94.8 Å². The molecule has 0 aliphatic carbocycles. The summed E-state index contributed by atoms with van der Waals surface area (Å²) in [6.45, 7) is 0. The number of amides is 1. The van der Waals surface area contributed by atoms with Crippen LogP contribution < -0.4 is 19.8 Å². The van der Waals surface area contributed by atoms with E-state index in [0.29, 0.717) is 33.2 Å². The molecular weight excluding hydrogens is 486 g/mol. The molecule has 1 atom stereocenters. The highest BCUT2D eigenvalue weighted by Crippen LogP contribution is 2.43. The van der Waals surface area contributed by atoms with Crippen LogP contribution in [0.4, 0.5) is 5.13 Å². The molecule has 1 aliphatic rings. The number of hydrogen-bond donors (Lipinski definition) is 0. The zero-order chi connectivity index (χ0) is 21.7. The van der Waals surface area contributed by atoms with E-state index in [2.05, 4.69) is 26.1 Å². The van der Waals surface area contributed by atoms with E-state index in [0.717, 1.165) is 4.47 Å². The first-order valence-corrected chi connectivity index (χ1v) is 10.8. The van der Waals surface area contributed by atoms with Gasteiger partial charge in [-0.25, -0.2) is 0 Å². The van der Waals surface area contributed by atoms with E-state index in [1.807, 2.05) is 0 Å². The van der Waals surface area contributed by atoms with Gasteiger partial charge < -0.3 is 13.9 Å². The Morgan fingerprint density at radius 1 is 1.10 bits per heavy atom. The number of methoxy groups -OCH3 is 2. The molecule has 1 unspecified atom stereocenters. The van der Waals surface area contributed by atoms with Gasteiger partial charge in [0.25, 0.3) is 5.91 Å². The molecule has 0 saturated heterocycles. The van der Waals surface area contributed by atoms with Crippen LogP contribution in [0.2, 0.25) is 0 Å². The Balaban J connectivity index is 1.81. The molecule has 4 aromatic rings. The fourth-order valence-corrected chi connectivity index (χ4v) is 4.70. The van der Waals surface area contributed by atoms with Crippen LogP contribution in [0.3, 0.4) is 0 Å². The van der Waals surface area contributed by atoms with Crippen molar-refractivity contribution in [2.24, 2.45) is 0 Å². The Morgan fingerprint density at radius 2 is 1.90 bits per heavy atom. The summed E-state index contributed by atoms with van der Waals surface area (Å²) in [6, 6.07) is 9.60. The number of nitrogens with zero attached hydrogens (tertiary/aromatic N) is 3. The number of rotatable bonds is 4. The lowest BCUT2D eigenvalue weighted by atomic mass is 9.98. The van der Waals surface area contributed by atoms with Crippen LogP contribution in [0.1, 0.15) is 27.7 Å². The van der Waals surface area contributed by atoms with Crippen molar-refractivity contribution in [3.05, 3.63) is 73.5 Å². The maximum atomic E-state index is 13.5. The van der Waals surface area contributed by atoms with Crippen molar-refractivity contribution in [3.8, 4) is 11.5 Å². The molecule has 0 fully saturated rings. The van der Waals surface area contributed by atoms with Gasteiger partial charge >= 0.3 is 0 Å². The van der Waals surface area contributed by atoms with Crippen molar-refractivity contribution in [1.82, 2.24) is 10.2 Å². The predicted molar refractivity (Wildman–Crippen MR) is 118 cm³/mol. The predicted octanol–water partition coefficient (Wildman–Crippen LogP) is 4.17. The highest BCUT2D eigenvalue weighted by atomic mass is 79.9. The molecule has 2 aromatic carbocycles. The van der Waals surface area contributed by atoms with Crippen molar-refractivity contribution in [3.63, 3.8) is 0 Å². The summed E-state index contributed by atoms with van der Waals surface area (Å²) in [4.78, 5) is 28.4. The molecule has 8 nitrogen and oxygen atoms in total. The molecule has 0 bridgehead atoms. The number of carbonyl (C=O) groups is 1. The lowest BCUT2D eigenvalue weighted by molar-refractivity contribution is 0.0970. The molecule has 1 amide bonds. The lowest BCUT2D eigenvalue weighted by Crippen LogP contribution is -2.29. The smallest absolute Gasteiger partial charge is 0.297 e. The fraction of sp³-hybridized carbons (Fsp3) is 0.143. The van der Waals surface area contributed by atoms with Crippen LogP contribution in [0, 0.1) is 0 Å². The molecule has 0 spiro atoms. The molecule has 0 radical (unpaired) electrons. The third kappa shape index (κ3) is 3.02. The SMILES string of the molecule is COc1ccc(C2c3c(oc4ccc(Br)cc4c3=O)C(=O)N2c2nncs2)cc1OC. The minimum atomic E-state index is -0.755. The molecule has 0 N–H and O–H groups in total. The summed E-state index contributed by atoms with van der Waals surface area (Å²) >= 11 is 4.59. The van der Waals surface area contributed by atoms with Crippen molar-refractivity contribution >= 4 is 49.3 Å². The largest absolute Gasteiger partial charge is 0.493 e. The first-order chi connectivity index (χ1) is 15.0. The molecular formula is C21H14BrN3O5S. The Hall–Kier alpha value is -3.24. The van der Waals surface area contributed by atoms with Gasteiger partial charge in [0, 0.05) is 4.47 Å². The fourth-order valence-electron chi connectivity index (χ4n) is 3.75. The van der Waals surface area contributed by atoms with Gasteiger partial charge in [-0.3, -0.25) is 14.5 Å². The van der Waals surface area contributed by atoms with E-state index in [-0.39, 0.29) is 16.8 Å². The number of fused-ring (bicyclic) bond motifs is 2. The Morgan fingerprint density at radius 3 is 2.61 bits per heavy atom. The third-order valence-electron chi connectivity index (χ3n) is 5.11. The van der Waals surface area contributed by atoms with E-state index in [9.17, 15) is 9.59 Å². The summed E-state index contributed by atoms with van der Waals surface area (Å²) in [6.07, 6.45) is 0. The number of aromatic nitrogens is 2. The molecule has 1 aliphatic heterocycles. The van der Waals surface area contributed by atoms with E-state index in [1.165, 1.54) is 36.0 Å². The second-order valence-electron chi connectivity index (χ2n) is 6.73. The highest BCUT2D eigenvalue weighted by molar-refractivity contribution is 9.10. The molecule has 0 saturated carbocycles. The van der Waals surface area contributed by atoms with E-state index < -0.39 is 11.9 Å². The summed E-state index contributed by atoms with van der Waals surface area (Å²) in [5, 5.41) is 8.66. The maximum Gasteiger partial charge on any atom is 0.297 e. The number of halogens is 1. The van der Waals surface area contributed by atoms with Crippen LogP contribution in [0.15, 0.2) is 55.6 Å². The van der Waals surface area contributed by atoms with E-state index in [4.69, 9.17) is 13.9 Å². The standard InChI is InChI=1S/C21H14BrN3O5S/c1-28-14-5-3-10(7-15(14)29-2)17-16-18(26)12-8-11(22)4-6-13(12)30-19(16)20(27)25(17)21-24-23-9-31-21/h3-9,17H,1-2H3. The van der Waals surface area contributed by atoms with Crippen LogP contribution in [-0.4, -0.2) is 30.3 Å². The quantitative estimate of drug-likeness (QED) is 0.415. The third-order valence-corrected chi connectivity index (χ3v) is 6.29. The molecule has 10 heteroatoms. The summed E-state index contributed by atoms with van der Waals surface area (Å²) in [5.74, 6) is 0.557. The number of hydrogen-bond acceptors (Lipinski definition) is 8. The lowest BCUT2D eigenvalue weighted by Gasteiger charge is -2.22. The van der Waals surface area contributed by atoms with Gasteiger partial charge in [-0.2, -0.15) is 0 Å². The minimum Gasteiger partial charge on any atom is -0.493 e. The van der Waals surface area contributed by atoms with Crippen LogP contribution in [0.25, 0.3) is 11.0 Å². The molecule has 31 heavy (non-hydrogen) atoms. The van der Waals surface area contributed by atoms with E-state index in [1.54, 1.807) is 36.4 Å². The minimum absolute atomic E-state index is 0.00481. The average Bonchev–Trinajstić information content (AvgIpc) is 3.40. The zero-order valence-electron chi connectivity index (χ0n) is 16.3. The second-order valence-corrected chi connectivity index (χ2v) is 8.46. The van der Waals surface area contributed by atoms with Crippen molar-refractivity contribution in [1.29, 1.82) is 0 Å². The molecule has 156 valence electrons. The Kier molecular flexibility index (Phi) is 4.75.